The number of carbonyl (C=O) groups is 3. The SMILES string of the molecule is CCOC(=O)N1CCC2(CC1)OC(=O)C(C)=C2C(=O)NCc1ccccc1C. The van der Waals surface area contributed by atoms with Gasteiger partial charge in [-0.3, -0.25) is 4.79 Å². The third kappa shape index (κ3) is 3.74. The molecule has 28 heavy (non-hydrogen) atoms. The fraction of sp³-hybridized carbons (Fsp3) is 0.476. The largest absolute Gasteiger partial charge is 0.450 e. The standard InChI is InChI=1S/C21H26N2O5/c1-4-27-20(26)23-11-9-21(10-12-23)17(15(3)19(25)28-21)18(24)22-13-16-8-6-5-7-14(16)2/h5-8H,4,9-13H2,1-3H3,(H,22,24). The predicted octanol–water partition coefficient (Wildman–Crippen LogP) is 2.48. The van der Waals surface area contributed by atoms with Crippen molar-refractivity contribution >= 4 is 18.0 Å². The van der Waals surface area contributed by atoms with Gasteiger partial charge in [0.15, 0.2) is 0 Å². The molecule has 0 atom stereocenters. The summed E-state index contributed by atoms with van der Waals surface area (Å²) in [6, 6.07) is 7.82. The summed E-state index contributed by atoms with van der Waals surface area (Å²) in [5.74, 6) is -0.762. The number of nitrogens with one attached hydrogen (secondary N) is 1. The van der Waals surface area contributed by atoms with Crippen LogP contribution in [0, 0.1) is 6.92 Å². The Morgan fingerprint density at radius 2 is 1.89 bits per heavy atom. The molecule has 1 spiro atoms. The van der Waals surface area contributed by atoms with Crippen LogP contribution in [-0.2, 0) is 25.6 Å². The molecular formula is C21H26N2O5. The van der Waals surface area contributed by atoms with Gasteiger partial charge in [0.25, 0.3) is 5.91 Å². The molecule has 0 unspecified atom stereocenters. The van der Waals surface area contributed by atoms with Crippen molar-refractivity contribution in [3.8, 4) is 0 Å². The van der Waals surface area contributed by atoms with E-state index in [1.54, 1.807) is 18.7 Å². The molecule has 7 heteroatoms. The van der Waals surface area contributed by atoms with Gasteiger partial charge in [0.1, 0.15) is 5.60 Å². The monoisotopic (exact) mass is 386 g/mol. The number of ether oxygens (including phenoxy) is 2. The van der Waals surface area contributed by atoms with Crippen LogP contribution in [0.3, 0.4) is 0 Å². The Kier molecular flexibility index (Phi) is 5.72. The van der Waals surface area contributed by atoms with Gasteiger partial charge in [-0.1, -0.05) is 24.3 Å². The number of esters is 1. The zero-order chi connectivity index (χ0) is 20.3. The number of likely N-dealkylation sites (tertiary alicyclic amines) is 1. The van der Waals surface area contributed by atoms with Crippen molar-refractivity contribution in [2.45, 2.75) is 45.8 Å². The Labute approximate surface area is 164 Å². The Morgan fingerprint density at radius 3 is 2.54 bits per heavy atom. The number of piperidine rings is 1. The van der Waals surface area contributed by atoms with E-state index in [9.17, 15) is 14.4 Å². The van der Waals surface area contributed by atoms with E-state index in [1.165, 1.54) is 0 Å². The van der Waals surface area contributed by atoms with E-state index in [4.69, 9.17) is 9.47 Å². The Hall–Kier alpha value is -2.83. The van der Waals surface area contributed by atoms with Crippen LogP contribution >= 0.6 is 0 Å². The summed E-state index contributed by atoms with van der Waals surface area (Å²) in [6.45, 7) is 6.79. The van der Waals surface area contributed by atoms with Crippen molar-refractivity contribution < 1.29 is 23.9 Å². The topological polar surface area (TPSA) is 84.9 Å². The number of hydrogen-bond donors (Lipinski definition) is 1. The lowest BCUT2D eigenvalue weighted by Crippen LogP contribution is -2.50. The fourth-order valence-corrected chi connectivity index (χ4v) is 3.82. The number of rotatable bonds is 4. The lowest BCUT2D eigenvalue weighted by atomic mass is 9.83. The molecule has 2 aliphatic heterocycles. The van der Waals surface area contributed by atoms with Crippen LogP contribution in [0.25, 0.3) is 0 Å². The molecule has 2 amide bonds. The first-order valence-electron chi connectivity index (χ1n) is 9.57. The summed E-state index contributed by atoms with van der Waals surface area (Å²) in [5.41, 5.74) is 1.86. The van der Waals surface area contributed by atoms with Gasteiger partial charge >= 0.3 is 12.1 Å². The average molecular weight is 386 g/mol. The van der Waals surface area contributed by atoms with Crippen molar-refractivity contribution in [2.24, 2.45) is 0 Å². The maximum absolute atomic E-state index is 13.0. The fourth-order valence-electron chi connectivity index (χ4n) is 3.82. The van der Waals surface area contributed by atoms with E-state index in [1.807, 2.05) is 31.2 Å². The van der Waals surface area contributed by atoms with Crippen molar-refractivity contribution in [1.82, 2.24) is 10.2 Å². The first-order valence-corrected chi connectivity index (χ1v) is 9.57. The summed E-state index contributed by atoms with van der Waals surface area (Å²) >= 11 is 0. The van der Waals surface area contributed by atoms with Crippen LogP contribution in [-0.4, -0.2) is 48.2 Å². The summed E-state index contributed by atoms with van der Waals surface area (Å²) in [4.78, 5) is 38.7. The minimum absolute atomic E-state index is 0.295. The van der Waals surface area contributed by atoms with E-state index in [0.717, 1.165) is 11.1 Å². The van der Waals surface area contributed by atoms with Gasteiger partial charge in [-0.15, -0.1) is 0 Å². The van der Waals surface area contributed by atoms with E-state index < -0.39 is 11.6 Å². The lowest BCUT2D eigenvalue weighted by molar-refractivity contribution is -0.150. The van der Waals surface area contributed by atoms with Crippen molar-refractivity contribution in [1.29, 1.82) is 0 Å². The molecule has 2 aliphatic rings. The van der Waals surface area contributed by atoms with E-state index in [2.05, 4.69) is 5.32 Å². The third-order valence-electron chi connectivity index (χ3n) is 5.45. The number of amides is 2. The summed E-state index contributed by atoms with van der Waals surface area (Å²) in [5, 5.41) is 2.92. The number of carbonyl (C=O) groups excluding carboxylic acids is 3. The molecule has 0 radical (unpaired) electrons. The Bertz CT molecular complexity index is 822. The number of nitrogens with zero attached hydrogens (tertiary/aromatic N) is 1. The van der Waals surface area contributed by atoms with E-state index >= 15 is 0 Å². The molecule has 1 aromatic carbocycles. The maximum atomic E-state index is 13.0. The van der Waals surface area contributed by atoms with Gasteiger partial charge in [0, 0.05) is 38.0 Å². The first-order chi connectivity index (χ1) is 13.4. The molecule has 0 saturated carbocycles. The second kappa shape index (κ2) is 8.04. The molecule has 150 valence electrons. The lowest BCUT2D eigenvalue weighted by Gasteiger charge is -2.38. The minimum Gasteiger partial charge on any atom is -0.450 e. The molecule has 7 nitrogen and oxygen atoms in total. The second-order valence-electron chi connectivity index (χ2n) is 7.18. The predicted molar refractivity (Wildman–Crippen MR) is 102 cm³/mol. The third-order valence-corrected chi connectivity index (χ3v) is 5.45. The summed E-state index contributed by atoms with van der Waals surface area (Å²) < 4.78 is 10.7. The molecule has 1 aromatic rings. The summed E-state index contributed by atoms with van der Waals surface area (Å²) in [7, 11) is 0. The van der Waals surface area contributed by atoms with Crippen LogP contribution in [0.2, 0.25) is 0 Å². The molecule has 1 fully saturated rings. The molecule has 1 N–H and O–H groups in total. The quantitative estimate of drug-likeness (QED) is 0.804. The normalized spacial score (nSPS) is 18.2. The molecule has 0 bridgehead atoms. The summed E-state index contributed by atoms with van der Waals surface area (Å²) in [6.07, 6.45) is 0.372. The van der Waals surface area contributed by atoms with Gasteiger partial charge in [-0.25, -0.2) is 9.59 Å². The zero-order valence-electron chi connectivity index (χ0n) is 16.5. The molecule has 3 rings (SSSR count). The second-order valence-corrected chi connectivity index (χ2v) is 7.18. The highest BCUT2D eigenvalue weighted by atomic mass is 16.6. The van der Waals surface area contributed by atoms with E-state index in [-0.39, 0.29) is 12.0 Å². The maximum Gasteiger partial charge on any atom is 0.409 e. The smallest absolute Gasteiger partial charge is 0.409 e. The van der Waals surface area contributed by atoms with E-state index in [0.29, 0.717) is 50.2 Å². The molecule has 0 aliphatic carbocycles. The minimum atomic E-state index is -0.972. The van der Waals surface area contributed by atoms with Crippen molar-refractivity contribution in [3.05, 3.63) is 46.5 Å². The van der Waals surface area contributed by atoms with Crippen LogP contribution in [0.5, 0.6) is 0 Å². The number of aryl methyl sites for hydroxylation is 1. The first kappa shape index (κ1) is 19.9. The van der Waals surface area contributed by atoms with Crippen LogP contribution in [0.15, 0.2) is 35.4 Å². The Balaban J connectivity index is 1.73. The molecule has 1 saturated heterocycles. The molecule has 2 heterocycles. The van der Waals surface area contributed by atoms with Gasteiger partial charge < -0.3 is 19.7 Å². The van der Waals surface area contributed by atoms with Gasteiger partial charge in [-0.05, 0) is 31.9 Å². The van der Waals surface area contributed by atoms with Crippen LogP contribution in [0.1, 0.15) is 37.8 Å². The van der Waals surface area contributed by atoms with Crippen molar-refractivity contribution in [2.75, 3.05) is 19.7 Å². The molecule has 0 aromatic heterocycles. The average Bonchev–Trinajstić information content (AvgIpc) is 2.91. The number of hydrogen-bond acceptors (Lipinski definition) is 5. The van der Waals surface area contributed by atoms with Gasteiger partial charge in [0.2, 0.25) is 0 Å². The molecular weight excluding hydrogens is 360 g/mol. The van der Waals surface area contributed by atoms with Crippen LogP contribution in [0.4, 0.5) is 4.79 Å². The zero-order valence-corrected chi connectivity index (χ0v) is 16.5. The highest BCUT2D eigenvalue weighted by Crippen LogP contribution is 2.41. The van der Waals surface area contributed by atoms with Gasteiger partial charge in [-0.2, -0.15) is 0 Å². The Morgan fingerprint density at radius 1 is 1.21 bits per heavy atom. The van der Waals surface area contributed by atoms with Gasteiger partial charge in [0.05, 0.1) is 12.2 Å². The van der Waals surface area contributed by atoms with Crippen LogP contribution < -0.4 is 5.32 Å². The highest BCUT2D eigenvalue weighted by molar-refractivity contribution is 6.07. The number of benzene rings is 1. The van der Waals surface area contributed by atoms with Crippen molar-refractivity contribution in [3.63, 3.8) is 0 Å². The highest BCUT2D eigenvalue weighted by Gasteiger charge is 2.51.